The quantitative estimate of drug-likeness (QED) is 0.325. The molecule has 1 aliphatic heterocycles. The molecule has 0 fully saturated rings. The molecule has 0 radical (unpaired) electrons. The molecule has 8 heteroatoms. The number of carbonyl (C=O) groups is 2. The van der Waals surface area contributed by atoms with Crippen LogP contribution in [-0.4, -0.2) is 18.5 Å². The minimum absolute atomic E-state index is 0.0612. The molecule has 5 rings (SSSR count). The van der Waals surface area contributed by atoms with E-state index < -0.39 is 29.2 Å². The zero-order chi connectivity index (χ0) is 24.0. The van der Waals surface area contributed by atoms with Crippen molar-refractivity contribution in [2.75, 3.05) is 11.5 Å². The first kappa shape index (κ1) is 22.0. The summed E-state index contributed by atoms with van der Waals surface area (Å²) in [6.45, 7) is 1.96. The number of esters is 1. The average molecular weight is 522 g/mol. The van der Waals surface area contributed by atoms with Crippen LogP contribution >= 0.6 is 15.9 Å². The Morgan fingerprint density at radius 1 is 1.09 bits per heavy atom. The number of hydrogen-bond donors (Lipinski definition) is 0. The minimum Gasteiger partial charge on any atom is -0.462 e. The first-order valence-corrected chi connectivity index (χ1v) is 11.3. The van der Waals surface area contributed by atoms with Crippen LogP contribution in [0.25, 0.3) is 11.0 Å². The van der Waals surface area contributed by atoms with Crippen LogP contribution in [0, 0.1) is 5.82 Å². The van der Waals surface area contributed by atoms with E-state index in [0.29, 0.717) is 16.8 Å². The topological polar surface area (TPSA) is 76.8 Å². The van der Waals surface area contributed by atoms with Crippen molar-refractivity contribution in [1.29, 1.82) is 0 Å². The number of benzene rings is 3. The largest absolute Gasteiger partial charge is 0.462 e. The number of ether oxygens (including phenoxy) is 1. The van der Waals surface area contributed by atoms with Crippen molar-refractivity contribution in [2.24, 2.45) is 0 Å². The number of carbonyl (C=O) groups excluding carboxylic acids is 2. The highest BCUT2D eigenvalue weighted by molar-refractivity contribution is 9.10. The summed E-state index contributed by atoms with van der Waals surface area (Å²) >= 11 is 3.44. The van der Waals surface area contributed by atoms with Crippen LogP contribution in [0.2, 0.25) is 0 Å². The normalized spacial score (nSPS) is 15.0. The fourth-order valence-electron chi connectivity index (χ4n) is 4.18. The Morgan fingerprint density at radius 3 is 2.56 bits per heavy atom. The van der Waals surface area contributed by atoms with Crippen LogP contribution in [-0.2, 0) is 4.74 Å². The molecule has 0 spiro atoms. The van der Waals surface area contributed by atoms with Gasteiger partial charge in [-0.25, -0.2) is 9.18 Å². The zero-order valence-corrected chi connectivity index (χ0v) is 19.5. The van der Waals surface area contributed by atoms with Gasteiger partial charge < -0.3 is 9.15 Å². The lowest BCUT2D eigenvalue weighted by atomic mass is 9.98. The molecule has 0 N–H and O–H groups in total. The highest BCUT2D eigenvalue weighted by atomic mass is 79.9. The van der Waals surface area contributed by atoms with E-state index in [0.717, 1.165) is 10.5 Å². The van der Waals surface area contributed by atoms with Gasteiger partial charge in [-0.3, -0.25) is 14.5 Å². The van der Waals surface area contributed by atoms with Crippen LogP contribution in [0.1, 0.15) is 45.0 Å². The molecular formula is C26H17BrFNO5. The van der Waals surface area contributed by atoms with Gasteiger partial charge >= 0.3 is 5.97 Å². The zero-order valence-electron chi connectivity index (χ0n) is 17.9. The van der Waals surface area contributed by atoms with Gasteiger partial charge in [-0.05, 0) is 67.1 Å². The molecule has 170 valence electrons. The second kappa shape index (κ2) is 8.53. The van der Waals surface area contributed by atoms with E-state index in [1.54, 1.807) is 43.3 Å². The van der Waals surface area contributed by atoms with Crippen LogP contribution < -0.4 is 10.3 Å². The van der Waals surface area contributed by atoms with Crippen LogP contribution in [0.15, 0.2) is 80.4 Å². The van der Waals surface area contributed by atoms with E-state index in [4.69, 9.17) is 9.15 Å². The Kier molecular flexibility index (Phi) is 5.53. The number of rotatable bonds is 4. The summed E-state index contributed by atoms with van der Waals surface area (Å²) in [6.07, 6.45) is 0. The van der Waals surface area contributed by atoms with Crippen LogP contribution in [0.3, 0.4) is 0 Å². The maximum atomic E-state index is 13.9. The van der Waals surface area contributed by atoms with E-state index in [2.05, 4.69) is 15.9 Å². The van der Waals surface area contributed by atoms with E-state index in [1.807, 2.05) is 12.1 Å². The standard InChI is InChI=1S/C26H17BrFNO5/c1-2-33-26(32)14-6-9-18(10-7-14)29-22(15-4-3-5-16(27)12-15)21-23(30)19-13-17(28)8-11-20(19)34-24(21)25(29)31/h3-13,22H,2H2,1H3. The van der Waals surface area contributed by atoms with Gasteiger partial charge in [0.05, 0.1) is 29.2 Å². The van der Waals surface area contributed by atoms with E-state index >= 15 is 0 Å². The van der Waals surface area contributed by atoms with Gasteiger partial charge in [0.25, 0.3) is 5.91 Å². The molecule has 4 aromatic rings. The Labute approximate surface area is 201 Å². The van der Waals surface area contributed by atoms with E-state index in [1.165, 1.54) is 17.0 Å². The fraction of sp³-hybridized carbons (Fsp3) is 0.115. The van der Waals surface area contributed by atoms with Crippen molar-refractivity contribution in [3.05, 3.63) is 110 Å². The van der Waals surface area contributed by atoms with Crippen molar-refractivity contribution in [1.82, 2.24) is 0 Å². The molecule has 0 saturated carbocycles. The Balaban J connectivity index is 1.71. The monoisotopic (exact) mass is 521 g/mol. The number of amides is 1. The van der Waals surface area contributed by atoms with Crippen LogP contribution in [0.4, 0.5) is 10.1 Å². The number of hydrogen-bond acceptors (Lipinski definition) is 5. The third-order valence-corrected chi connectivity index (χ3v) is 6.15. The first-order valence-electron chi connectivity index (χ1n) is 10.5. The molecule has 1 unspecified atom stereocenters. The van der Waals surface area contributed by atoms with Gasteiger partial charge in [-0.1, -0.05) is 28.1 Å². The lowest BCUT2D eigenvalue weighted by Gasteiger charge is -2.25. The molecule has 3 aromatic carbocycles. The van der Waals surface area contributed by atoms with Gasteiger partial charge in [0.1, 0.15) is 11.4 Å². The fourth-order valence-corrected chi connectivity index (χ4v) is 4.59. The predicted molar refractivity (Wildman–Crippen MR) is 128 cm³/mol. The number of nitrogens with zero attached hydrogens (tertiary/aromatic N) is 1. The van der Waals surface area contributed by atoms with Crippen molar-refractivity contribution >= 4 is 44.5 Å². The molecule has 0 aliphatic carbocycles. The second-order valence-corrected chi connectivity index (χ2v) is 8.63. The molecule has 1 aromatic heterocycles. The highest BCUT2D eigenvalue weighted by Gasteiger charge is 2.43. The second-order valence-electron chi connectivity index (χ2n) is 7.71. The molecule has 6 nitrogen and oxygen atoms in total. The Morgan fingerprint density at radius 2 is 1.85 bits per heavy atom. The SMILES string of the molecule is CCOC(=O)c1ccc(N2C(=O)c3oc4ccc(F)cc4c(=O)c3C2c2cccc(Br)c2)cc1. The number of anilines is 1. The van der Waals surface area contributed by atoms with Gasteiger partial charge in [0, 0.05) is 10.2 Å². The minimum atomic E-state index is -0.808. The van der Waals surface area contributed by atoms with Crippen LogP contribution in [0.5, 0.6) is 0 Å². The number of fused-ring (bicyclic) bond motifs is 2. The van der Waals surface area contributed by atoms with E-state index in [-0.39, 0.29) is 28.9 Å². The number of halogens is 2. The summed E-state index contributed by atoms with van der Waals surface area (Å²) in [5, 5.41) is 0.0612. The van der Waals surface area contributed by atoms with Crippen molar-refractivity contribution in [2.45, 2.75) is 13.0 Å². The summed E-state index contributed by atoms with van der Waals surface area (Å²) in [4.78, 5) is 40.6. The third kappa shape index (κ3) is 3.60. The van der Waals surface area contributed by atoms with Crippen molar-refractivity contribution in [3.63, 3.8) is 0 Å². The molecule has 1 amide bonds. The molecule has 1 aliphatic rings. The van der Waals surface area contributed by atoms with Gasteiger partial charge in [-0.2, -0.15) is 0 Å². The third-order valence-electron chi connectivity index (χ3n) is 5.65. The summed E-state index contributed by atoms with van der Waals surface area (Å²) in [5.41, 5.74) is 1.26. The lowest BCUT2D eigenvalue weighted by Crippen LogP contribution is -2.29. The molecular weight excluding hydrogens is 505 g/mol. The lowest BCUT2D eigenvalue weighted by molar-refractivity contribution is 0.0526. The maximum Gasteiger partial charge on any atom is 0.338 e. The summed E-state index contributed by atoms with van der Waals surface area (Å²) < 4.78 is 25.5. The Hall–Kier alpha value is -3.78. The average Bonchev–Trinajstić information content (AvgIpc) is 3.12. The van der Waals surface area contributed by atoms with Gasteiger partial charge in [0.15, 0.2) is 5.43 Å². The van der Waals surface area contributed by atoms with Crippen molar-refractivity contribution < 1.29 is 23.1 Å². The Bertz CT molecular complexity index is 1510. The smallest absolute Gasteiger partial charge is 0.338 e. The molecule has 2 heterocycles. The summed E-state index contributed by atoms with van der Waals surface area (Å²) in [6, 6.07) is 16.4. The first-order chi connectivity index (χ1) is 16.4. The van der Waals surface area contributed by atoms with Gasteiger partial charge in [0.2, 0.25) is 5.76 Å². The highest BCUT2D eigenvalue weighted by Crippen LogP contribution is 2.41. The maximum absolute atomic E-state index is 13.9. The molecule has 0 saturated heterocycles. The predicted octanol–water partition coefficient (Wildman–Crippen LogP) is 5.62. The molecule has 1 atom stereocenters. The summed E-state index contributed by atoms with van der Waals surface area (Å²) in [5.74, 6) is -1.65. The van der Waals surface area contributed by atoms with E-state index in [9.17, 15) is 18.8 Å². The van der Waals surface area contributed by atoms with Gasteiger partial charge in [-0.15, -0.1) is 0 Å². The summed E-state index contributed by atoms with van der Waals surface area (Å²) in [7, 11) is 0. The molecule has 34 heavy (non-hydrogen) atoms. The molecule has 0 bridgehead atoms. The van der Waals surface area contributed by atoms with Crippen molar-refractivity contribution in [3.8, 4) is 0 Å².